The first-order valence-electron chi connectivity index (χ1n) is 6.95. The number of carbonyl (C=O) groups excluding carboxylic acids is 1. The van der Waals surface area contributed by atoms with E-state index in [2.05, 4.69) is 5.32 Å². The molecule has 1 heterocycles. The number of para-hydroxylation sites is 2. The molecule has 1 aromatic carbocycles. The largest absolute Gasteiger partial charge is 0.482 e. The molecule has 20 heavy (non-hydrogen) atoms. The second-order valence-corrected chi connectivity index (χ2v) is 5.08. The number of fused-ring (bicyclic) bond motifs is 1. The number of hydrogen-bond acceptors (Lipinski definition) is 4. The lowest BCUT2D eigenvalue weighted by Crippen LogP contribution is -2.51. The summed E-state index contributed by atoms with van der Waals surface area (Å²) in [4.78, 5) is 12.2. The van der Waals surface area contributed by atoms with E-state index in [-0.39, 0.29) is 24.7 Å². The lowest BCUT2D eigenvalue weighted by Gasteiger charge is -2.31. The van der Waals surface area contributed by atoms with Gasteiger partial charge in [-0.25, -0.2) is 0 Å². The molecule has 3 unspecified atom stereocenters. The van der Waals surface area contributed by atoms with E-state index in [9.17, 15) is 4.79 Å². The summed E-state index contributed by atoms with van der Waals surface area (Å²) in [6.07, 6.45) is 0.416. The summed E-state index contributed by atoms with van der Waals surface area (Å²) in [6, 6.07) is 7.33. The van der Waals surface area contributed by atoms with Gasteiger partial charge in [-0.15, -0.1) is 0 Å². The highest BCUT2D eigenvalue weighted by atomic mass is 16.6. The van der Waals surface area contributed by atoms with Crippen LogP contribution in [0.3, 0.4) is 0 Å². The van der Waals surface area contributed by atoms with Crippen molar-refractivity contribution in [3.05, 3.63) is 24.3 Å². The van der Waals surface area contributed by atoms with Gasteiger partial charge in [-0.1, -0.05) is 12.1 Å². The third-order valence-corrected chi connectivity index (χ3v) is 3.28. The van der Waals surface area contributed by atoms with Crippen LogP contribution in [-0.4, -0.2) is 35.9 Å². The fourth-order valence-corrected chi connectivity index (χ4v) is 2.20. The van der Waals surface area contributed by atoms with Crippen LogP contribution < -0.4 is 14.8 Å². The van der Waals surface area contributed by atoms with Gasteiger partial charge in [0, 0.05) is 12.6 Å². The standard InChI is InChI=1S/C15H21NO4/c1-10(6-5-9-17)16-15(18)14-11(2)19-12-7-3-4-8-13(12)20-14/h3-4,7-8,10-11,14,17H,5-6,9H2,1-2H3,(H,16,18). The second kappa shape index (κ2) is 6.61. The molecule has 0 aromatic heterocycles. The van der Waals surface area contributed by atoms with E-state index in [4.69, 9.17) is 14.6 Å². The SMILES string of the molecule is CC(CCCO)NC(=O)C1Oc2ccccc2OC1C. The minimum Gasteiger partial charge on any atom is -0.482 e. The smallest absolute Gasteiger partial charge is 0.265 e. The number of aliphatic hydroxyl groups excluding tert-OH is 1. The van der Waals surface area contributed by atoms with Crippen molar-refractivity contribution < 1.29 is 19.4 Å². The topological polar surface area (TPSA) is 67.8 Å². The Labute approximate surface area is 118 Å². The number of carbonyl (C=O) groups is 1. The maximum atomic E-state index is 12.2. The Balaban J connectivity index is 1.97. The summed E-state index contributed by atoms with van der Waals surface area (Å²) >= 11 is 0. The lowest BCUT2D eigenvalue weighted by atomic mass is 10.1. The van der Waals surface area contributed by atoms with E-state index < -0.39 is 6.10 Å². The monoisotopic (exact) mass is 279 g/mol. The molecule has 5 nitrogen and oxygen atoms in total. The van der Waals surface area contributed by atoms with Crippen molar-refractivity contribution in [1.29, 1.82) is 0 Å². The highest BCUT2D eigenvalue weighted by molar-refractivity contribution is 5.82. The van der Waals surface area contributed by atoms with Gasteiger partial charge in [0.2, 0.25) is 6.10 Å². The Hall–Kier alpha value is -1.75. The third kappa shape index (κ3) is 3.42. The molecule has 0 saturated heterocycles. The number of amides is 1. The Morgan fingerprint density at radius 1 is 1.35 bits per heavy atom. The van der Waals surface area contributed by atoms with Crippen LogP contribution in [0, 0.1) is 0 Å². The molecule has 1 amide bonds. The normalized spacial score (nSPS) is 22.1. The first kappa shape index (κ1) is 14.7. The maximum absolute atomic E-state index is 12.2. The van der Waals surface area contributed by atoms with E-state index in [1.54, 1.807) is 6.07 Å². The van der Waals surface area contributed by atoms with Gasteiger partial charge in [0.15, 0.2) is 11.5 Å². The van der Waals surface area contributed by atoms with E-state index in [0.717, 1.165) is 6.42 Å². The van der Waals surface area contributed by atoms with Gasteiger partial charge < -0.3 is 19.9 Å². The van der Waals surface area contributed by atoms with Crippen molar-refractivity contribution in [2.45, 2.75) is 44.9 Å². The zero-order chi connectivity index (χ0) is 14.5. The van der Waals surface area contributed by atoms with Crippen molar-refractivity contribution in [2.24, 2.45) is 0 Å². The molecule has 1 aliphatic rings. The molecular weight excluding hydrogens is 258 g/mol. The first-order chi connectivity index (χ1) is 9.61. The van der Waals surface area contributed by atoms with Gasteiger partial charge >= 0.3 is 0 Å². The molecule has 0 fully saturated rings. The highest BCUT2D eigenvalue weighted by Crippen LogP contribution is 2.33. The predicted octanol–water partition coefficient (Wildman–Crippen LogP) is 1.49. The van der Waals surface area contributed by atoms with Crippen LogP contribution in [0.4, 0.5) is 0 Å². The van der Waals surface area contributed by atoms with Crippen LogP contribution >= 0.6 is 0 Å². The molecule has 0 bridgehead atoms. The van der Waals surface area contributed by atoms with E-state index >= 15 is 0 Å². The minimum atomic E-state index is -0.651. The first-order valence-corrected chi connectivity index (χ1v) is 6.95. The highest BCUT2D eigenvalue weighted by Gasteiger charge is 2.34. The van der Waals surface area contributed by atoms with Crippen LogP contribution in [0.5, 0.6) is 11.5 Å². The number of aliphatic hydroxyl groups is 1. The summed E-state index contributed by atoms with van der Waals surface area (Å²) in [5.41, 5.74) is 0. The number of hydrogen-bond donors (Lipinski definition) is 2. The Morgan fingerprint density at radius 3 is 2.65 bits per heavy atom. The van der Waals surface area contributed by atoms with Crippen molar-refractivity contribution >= 4 is 5.91 Å². The van der Waals surface area contributed by atoms with E-state index in [1.807, 2.05) is 32.0 Å². The zero-order valence-electron chi connectivity index (χ0n) is 11.8. The van der Waals surface area contributed by atoms with Crippen LogP contribution in [0.1, 0.15) is 26.7 Å². The van der Waals surface area contributed by atoms with Gasteiger partial charge in [-0.2, -0.15) is 0 Å². The summed E-state index contributed by atoms with van der Waals surface area (Å²) in [7, 11) is 0. The Morgan fingerprint density at radius 2 is 2.00 bits per heavy atom. The van der Waals surface area contributed by atoms with Crippen molar-refractivity contribution in [2.75, 3.05) is 6.61 Å². The second-order valence-electron chi connectivity index (χ2n) is 5.08. The maximum Gasteiger partial charge on any atom is 0.265 e. The average Bonchev–Trinajstić information content (AvgIpc) is 2.44. The zero-order valence-corrected chi connectivity index (χ0v) is 11.8. The molecule has 5 heteroatoms. The summed E-state index contributed by atoms with van der Waals surface area (Å²) in [6.45, 7) is 3.86. The van der Waals surface area contributed by atoms with Crippen molar-refractivity contribution in [1.82, 2.24) is 5.32 Å². The van der Waals surface area contributed by atoms with Gasteiger partial charge in [0.1, 0.15) is 6.10 Å². The van der Waals surface area contributed by atoms with E-state index in [0.29, 0.717) is 17.9 Å². The summed E-state index contributed by atoms with van der Waals surface area (Å²) in [5.74, 6) is 1.07. The fraction of sp³-hybridized carbons (Fsp3) is 0.533. The quantitative estimate of drug-likeness (QED) is 0.857. The minimum absolute atomic E-state index is 0.00243. The molecule has 0 radical (unpaired) electrons. The molecule has 0 saturated carbocycles. The van der Waals surface area contributed by atoms with Gasteiger partial charge in [0.05, 0.1) is 0 Å². The fourth-order valence-electron chi connectivity index (χ4n) is 2.20. The van der Waals surface area contributed by atoms with Crippen molar-refractivity contribution in [3.63, 3.8) is 0 Å². The Bertz CT molecular complexity index is 463. The Kier molecular flexibility index (Phi) is 4.84. The van der Waals surface area contributed by atoms with Gasteiger partial charge in [0.25, 0.3) is 5.91 Å². The molecule has 2 rings (SSSR count). The third-order valence-electron chi connectivity index (χ3n) is 3.28. The van der Waals surface area contributed by atoms with Crippen LogP contribution in [-0.2, 0) is 4.79 Å². The van der Waals surface area contributed by atoms with Gasteiger partial charge in [-0.3, -0.25) is 4.79 Å². The molecule has 3 atom stereocenters. The molecule has 0 aliphatic carbocycles. The van der Waals surface area contributed by atoms with Crippen LogP contribution in [0.25, 0.3) is 0 Å². The molecule has 1 aromatic rings. The number of benzene rings is 1. The summed E-state index contributed by atoms with van der Waals surface area (Å²) < 4.78 is 11.4. The number of rotatable bonds is 5. The lowest BCUT2D eigenvalue weighted by molar-refractivity contribution is -0.134. The molecular formula is C15H21NO4. The number of nitrogens with one attached hydrogen (secondary N) is 1. The van der Waals surface area contributed by atoms with Crippen LogP contribution in [0.15, 0.2) is 24.3 Å². The van der Waals surface area contributed by atoms with Crippen molar-refractivity contribution in [3.8, 4) is 11.5 Å². The van der Waals surface area contributed by atoms with Crippen LogP contribution in [0.2, 0.25) is 0 Å². The molecule has 1 aliphatic heterocycles. The van der Waals surface area contributed by atoms with Gasteiger partial charge in [-0.05, 0) is 38.8 Å². The molecule has 110 valence electrons. The molecule has 2 N–H and O–H groups in total. The average molecular weight is 279 g/mol. The predicted molar refractivity (Wildman–Crippen MR) is 74.9 cm³/mol. The molecule has 0 spiro atoms. The summed E-state index contributed by atoms with van der Waals surface area (Å²) in [5, 5.41) is 11.7. The van der Waals surface area contributed by atoms with E-state index in [1.165, 1.54) is 0 Å². The number of ether oxygens (including phenoxy) is 2.